The molecule has 1 aromatic heterocycles. The number of nitrogens with zero attached hydrogens (tertiary/aromatic N) is 1. The van der Waals surface area contributed by atoms with Gasteiger partial charge in [0.05, 0.1) is 13.2 Å². The van der Waals surface area contributed by atoms with Gasteiger partial charge in [0.2, 0.25) is 0 Å². The lowest BCUT2D eigenvalue weighted by Gasteiger charge is -2.30. The standard InChI is InChI=1S/C13H21N3O2S/c1-9(14)12(11-4-3-7-19-11)16-6-5-10(8-16)15-13(17)18-2/h3-4,7,9-10,12H,5-6,8,14H2,1-2H3,(H,15,17). The van der Waals surface area contributed by atoms with E-state index in [-0.39, 0.29) is 24.2 Å². The van der Waals surface area contributed by atoms with Crippen molar-refractivity contribution in [1.29, 1.82) is 0 Å². The molecule has 1 saturated heterocycles. The van der Waals surface area contributed by atoms with E-state index in [0.717, 1.165) is 19.5 Å². The Bertz CT molecular complexity index is 408. The predicted molar refractivity (Wildman–Crippen MR) is 76.2 cm³/mol. The minimum Gasteiger partial charge on any atom is -0.453 e. The van der Waals surface area contributed by atoms with Crippen molar-refractivity contribution in [3.8, 4) is 0 Å². The van der Waals surface area contributed by atoms with Crippen LogP contribution in [0.1, 0.15) is 24.3 Å². The first-order valence-corrected chi connectivity index (χ1v) is 7.37. The molecular weight excluding hydrogens is 262 g/mol. The topological polar surface area (TPSA) is 67.6 Å². The van der Waals surface area contributed by atoms with E-state index in [1.54, 1.807) is 11.3 Å². The monoisotopic (exact) mass is 283 g/mol. The van der Waals surface area contributed by atoms with E-state index in [9.17, 15) is 4.79 Å². The molecule has 6 heteroatoms. The van der Waals surface area contributed by atoms with Crippen LogP contribution in [0.2, 0.25) is 0 Å². The Kier molecular flexibility index (Phi) is 4.79. The first kappa shape index (κ1) is 14.3. The second kappa shape index (κ2) is 6.36. The van der Waals surface area contributed by atoms with Crippen molar-refractivity contribution in [3.05, 3.63) is 22.4 Å². The molecule has 0 saturated carbocycles. The highest BCUT2D eigenvalue weighted by molar-refractivity contribution is 7.10. The number of nitrogens with two attached hydrogens (primary N) is 1. The molecule has 19 heavy (non-hydrogen) atoms. The molecule has 1 aromatic rings. The molecule has 5 nitrogen and oxygen atoms in total. The third-order valence-electron chi connectivity index (χ3n) is 3.45. The zero-order valence-electron chi connectivity index (χ0n) is 11.3. The molecule has 0 radical (unpaired) electrons. The minimum absolute atomic E-state index is 0.0653. The lowest BCUT2D eigenvalue weighted by Crippen LogP contribution is -2.41. The molecule has 0 bridgehead atoms. The maximum atomic E-state index is 11.2. The number of hydrogen-bond acceptors (Lipinski definition) is 5. The number of alkyl carbamates (subject to hydrolysis) is 1. The molecule has 3 N–H and O–H groups in total. The molecule has 1 amide bonds. The molecule has 0 spiro atoms. The van der Waals surface area contributed by atoms with Crippen LogP contribution >= 0.6 is 11.3 Å². The summed E-state index contributed by atoms with van der Waals surface area (Å²) >= 11 is 1.73. The summed E-state index contributed by atoms with van der Waals surface area (Å²) in [5.74, 6) is 0. The molecule has 1 fully saturated rings. The van der Waals surface area contributed by atoms with Gasteiger partial charge in [-0.2, -0.15) is 0 Å². The van der Waals surface area contributed by atoms with E-state index in [0.29, 0.717) is 0 Å². The summed E-state index contributed by atoms with van der Waals surface area (Å²) in [5, 5.41) is 4.93. The van der Waals surface area contributed by atoms with Gasteiger partial charge in [0.1, 0.15) is 0 Å². The van der Waals surface area contributed by atoms with E-state index < -0.39 is 0 Å². The number of carbonyl (C=O) groups is 1. The average molecular weight is 283 g/mol. The zero-order chi connectivity index (χ0) is 13.8. The molecule has 3 atom stereocenters. The average Bonchev–Trinajstić information content (AvgIpc) is 3.01. The highest BCUT2D eigenvalue weighted by atomic mass is 32.1. The number of amides is 1. The van der Waals surface area contributed by atoms with Gasteiger partial charge in [-0.25, -0.2) is 4.79 Å². The molecule has 1 aliphatic rings. The minimum atomic E-state index is -0.361. The molecule has 2 rings (SSSR count). The summed E-state index contributed by atoms with van der Waals surface area (Å²) < 4.78 is 4.64. The highest BCUT2D eigenvalue weighted by Crippen LogP contribution is 2.30. The highest BCUT2D eigenvalue weighted by Gasteiger charge is 2.32. The van der Waals surface area contributed by atoms with E-state index in [4.69, 9.17) is 5.73 Å². The summed E-state index contributed by atoms with van der Waals surface area (Å²) in [6.07, 6.45) is 0.573. The van der Waals surface area contributed by atoms with Crippen molar-refractivity contribution >= 4 is 17.4 Å². The number of carbonyl (C=O) groups excluding carboxylic acids is 1. The number of methoxy groups -OCH3 is 1. The second-order valence-corrected chi connectivity index (χ2v) is 5.92. The fourth-order valence-electron chi connectivity index (χ4n) is 2.61. The summed E-state index contributed by atoms with van der Waals surface area (Å²) in [6.45, 7) is 3.80. The summed E-state index contributed by atoms with van der Waals surface area (Å²) in [7, 11) is 1.39. The lowest BCUT2D eigenvalue weighted by atomic mass is 10.1. The Morgan fingerprint density at radius 2 is 2.47 bits per heavy atom. The van der Waals surface area contributed by atoms with Crippen LogP contribution < -0.4 is 11.1 Å². The Morgan fingerprint density at radius 1 is 1.68 bits per heavy atom. The molecule has 2 heterocycles. The van der Waals surface area contributed by atoms with Crippen LogP contribution in [-0.4, -0.2) is 43.3 Å². The van der Waals surface area contributed by atoms with Gasteiger partial charge in [0.25, 0.3) is 0 Å². The first-order valence-electron chi connectivity index (χ1n) is 6.49. The van der Waals surface area contributed by atoms with Crippen LogP contribution in [0.4, 0.5) is 4.79 Å². The molecule has 0 aliphatic carbocycles. The van der Waals surface area contributed by atoms with Crippen LogP contribution in [0.3, 0.4) is 0 Å². The number of likely N-dealkylation sites (tertiary alicyclic amines) is 1. The van der Waals surface area contributed by atoms with Crippen molar-refractivity contribution < 1.29 is 9.53 Å². The van der Waals surface area contributed by atoms with Gasteiger partial charge in [0, 0.05) is 30.1 Å². The smallest absolute Gasteiger partial charge is 0.407 e. The van der Waals surface area contributed by atoms with Gasteiger partial charge in [0.15, 0.2) is 0 Å². The maximum absolute atomic E-state index is 11.2. The number of nitrogens with one attached hydrogen (secondary N) is 1. The van der Waals surface area contributed by atoms with Crippen LogP contribution in [0.15, 0.2) is 17.5 Å². The Labute approximate surface area is 117 Å². The predicted octanol–water partition coefficient (Wildman–Crippen LogP) is 1.57. The zero-order valence-corrected chi connectivity index (χ0v) is 12.2. The maximum Gasteiger partial charge on any atom is 0.407 e. The number of hydrogen-bond donors (Lipinski definition) is 2. The molecule has 0 aromatic carbocycles. The Balaban J connectivity index is 1.99. The Hall–Kier alpha value is -1.11. The number of rotatable bonds is 4. The van der Waals surface area contributed by atoms with E-state index in [1.165, 1.54) is 12.0 Å². The van der Waals surface area contributed by atoms with E-state index >= 15 is 0 Å². The van der Waals surface area contributed by atoms with Crippen LogP contribution in [0.5, 0.6) is 0 Å². The molecule has 1 aliphatic heterocycles. The van der Waals surface area contributed by atoms with Gasteiger partial charge in [-0.05, 0) is 24.8 Å². The molecule has 3 unspecified atom stereocenters. The van der Waals surface area contributed by atoms with Crippen LogP contribution in [0, 0.1) is 0 Å². The molecule has 106 valence electrons. The van der Waals surface area contributed by atoms with Gasteiger partial charge in [-0.3, -0.25) is 4.90 Å². The van der Waals surface area contributed by atoms with Crippen LogP contribution in [0.25, 0.3) is 0 Å². The molecular formula is C13H21N3O2S. The van der Waals surface area contributed by atoms with Crippen molar-refractivity contribution in [3.63, 3.8) is 0 Å². The van der Waals surface area contributed by atoms with Crippen molar-refractivity contribution in [2.45, 2.75) is 31.5 Å². The quantitative estimate of drug-likeness (QED) is 0.880. The van der Waals surface area contributed by atoms with E-state index in [2.05, 4.69) is 32.5 Å². The fraction of sp³-hybridized carbons (Fsp3) is 0.615. The fourth-order valence-corrected chi connectivity index (χ4v) is 3.59. The Morgan fingerprint density at radius 3 is 3.05 bits per heavy atom. The number of thiophene rings is 1. The lowest BCUT2D eigenvalue weighted by molar-refractivity contribution is 0.164. The largest absolute Gasteiger partial charge is 0.453 e. The van der Waals surface area contributed by atoms with Crippen molar-refractivity contribution in [2.75, 3.05) is 20.2 Å². The van der Waals surface area contributed by atoms with Crippen LogP contribution in [-0.2, 0) is 4.74 Å². The summed E-state index contributed by atoms with van der Waals surface area (Å²) in [6, 6.07) is 4.61. The first-order chi connectivity index (χ1) is 9.11. The third kappa shape index (κ3) is 3.46. The van der Waals surface area contributed by atoms with Gasteiger partial charge >= 0.3 is 6.09 Å². The SMILES string of the molecule is COC(=O)NC1CCN(C(c2cccs2)C(C)N)C1. The summed E-state index contributed by atoms with van der Waals surface area (Å²) in [5.41, 5.74) is 6.13. The van der Waals surface area contributed by atoms with E-state index in [1.807, 2.05) is 6.92 Å². The van der Waals surface area contributed by atoms with Crippen molar-refractivity contribution in [2.24, 2.45) is 5.73 Å². The van der Waals surface area contributed by atoms with Gasteiger partial charge in [-0.1, -0.05) is 6.07 Å². The van der Waals surface area contributed by atoms with Gasteiger partial charge < -0.3 is 15.8 Å². The third-order valence-corrected chi connectivity index (χ3v) is 4.40. The summed E-state index contributed by atoms with van der Waals surface area (Å²) in [4.78, 5) is 14.9. The van der Waals surface area contributed by atoms with Gasteiger partial charge in [-0.15, -0.1) is 11.3 Å². The number of ether oxygens (including phenoxy) is 1. The normalized spacial score (nSPS) is 23.0. The second-order valence-electron chi connectivity index (χ2n) is 4.94. The van der Waals surface area contributed by atoms with Crippen molar-refractivity contribution in [1.82, 2.24) is 10.2 Å².